The lowest BCUT2D eigenvalue weighted by atomic mass is 10.1. The molecule has 1 aliphatic heterocycles. The van der Waals surface area contributed by atoms with Gasteiger partial charge in [0.15, 0.2) is 5.12 Å². The number of halogens is 1. The van der Waals surface area contributed by atoms with Gasteiger partial charge in [0.25, 0.3) is 0 Å². The molecule has 0 radical (unpaired) electrons. The van der Waals surface area contributed by atoms with E-state index < -0.39 is 0 Å². The van der Waals surface area contributed by atoms with Crippen molar-refractivity contribution >= 4 is 40.1 Å². The Morgan fingerprint density at radius 1 is 1.55 bits per heavy atom. The molecule has 2 rings (SSSR count). The SMILES string of the molecule is COc1ccc(Cl)cc1N1CC(CSC(C)=O)CC1=O. The van der Waals surface area contributed by atoms with Crippen LogP contribution < -0.4 is 9.64 Å². The van der Waals surface area contributed by atoms with E-state index in [0.29, 0.717) is 35.2 Å². The van der Waals surface area contributed by atoms with E-state index >= 15 is 0 Å². The van der Waals surface area contributed by atoms with Crippen LogP contribution in [0.1, 0.15) is 13.3 Å². The highest BCUT2D eigenvalue weighted by atomic mass is 35.5. The lowest BCUT2D eigenvalue weighted by Crippen LogP contribution is -2.25. The molecule has 6 heteroatoms. The van der Waals surface area contributed by atoms with Crippen molar-refractivity contribution < 1.29 is 14.3 Å². The van der Waals surface area contributed by atoms with E-state index in [-0.39, 0.29) is 16.9 Å². The molecule has 1 unspecified atom stereocenters. The fourth-order valence-corrected chi connectivity index (χ4v) is 3.10. The molecule has 0 N–H and O–H groups in total. The lowest BCUT2D eigenvalue weighted by molar-refractivity contribution is -0.117. The van der Waals surface area contributed by atoms with Gasteiger partial charge in [0.1, 0.15) is 5.75 Å². The first-order valence-electron chi connectivity index (χ1n) is 6.28. The molecule has 108 valence electrons. The number of amides is 1. The summed E-state index contributed by atoms with van der Waals surface area (Å²) in [4.78, 5) is 24.8. The Morgan fingerprint density at radius 2 is 2.30 bits per heavy atom. The standard InChI is InChI=1S/C14H16ClNO3S/c1-9(17)20-8-10-5-14(18)16(7-10)12-6-11(15)3-4-13(12)19-2/h3-4,6,10H,5,7-8H2,1-2H3. The van der Waals surface area contributed by atoms with Crippen molar-refractivity contribution in [3.8, 4) is 5.75 Å². The molecule has 0 aromatic heterocycles. The molecule has 1 saturated heterocycles. The van der Waals surface area contributed by atoms with Crippen LogP contribution in [0.15, 0.2) is 18.2 Å². The van der Waals surface area contributed by atoms with Crippen LogP contribution in [0.3, 0.4) is 0 Å². The zero-order valence-corrected chi connectivity index (χ0v) is 13.0. The van der Waals surface area contributed by atoms with E-state index in [0.717, 1.165) is 0 Å². The number of hydrogen-bond acceptors (Lipinski definition) is 4. The van der Waals surface area contributed by atoms with Gasteiger partial charge in [-0.3, -0.25) is 9.59 Å². The summed E-state index contributed by atoms with van der Waals surface area (Å²) in [5.41, 5.74) is 0.695. The van der Waals surface area contributed by atoms with Gasteiger partial charge >= 0.3 is 0 Å². The summed E-state index contributed by atoms with van der Waals surface area (Å²) < 4.78 is 5.28. The molecule has 1 amide bonds. The van der Waals surface area contributed by atoms with Crippen LogP contribution in [0, 0.1) is 5.92 Å². The third kappa shape index (κ3) is 3.46. The summed E-state index contributed by atoms with van der Waals surface area (Å²) >= 11 is 7.26. The molecule has 1 heterocycles. The first-order chi connectivity index (χ1) is 9.51. The number of rotatable bonds is 4. The Morgan fingerprint density at radius 3 is 2.95 bits per heavy atom. The molecule has 4 nitrogen and oxygen atoms in total. The van der Waals surface area contributed by atoms with Crippen LogP contribution in [0.4, 0.5) is 5.69 Å². The predicted molar refractivity (Wildman–Crippen MR) is 81.6 cm³/mol. The molecule has 0 spiro atoms. The Balaban J connectivity index is 2.15. The Bertz CT molecular complexity index is 535. The third-order valence-electron chi connectivity index (χ3n) is 3.16. The Hall–Kier alpha value is -1.20. The highest BCUT2D eigenvalue weighted by Crippen LogP contribution is 2.35. The highest BCUT2D eigenvalue weighted by Gasteiger charge is 2.32. The van der Waals surface area contributed by atoms with Crippen molar-refractivity contribution in [2.75, 3.05) is 24.3 Å². The minimum absolute atomic E-state index is 0.0414. The van der Waals surface area contributed by atoms with Crippen LogP contribution in [-0.2, 0) is 9.59 Å². The smallest absolute Gasteiger partial charge is 0.227 e. The molecule has 0 aliphatic carbocycles. The number of carbonyl (C=O) groups is 2. The summed E-state index contributed by atoms with van der Waals surface area (Å²) in [6.45, 7) is 2.13. The maximum atomic E-state index is 12.1. The highest BCUT2D eigenvalue weighted by molar-refractivity contribution is 8.13. The van der Waals surface area contributed by atoms with Gasteiger partial charge in [-0.2, -0.15) is 0 Å². The lowest BCUT2D eigenvalue weighted by Gasteiger charge is -2.19. The van der Waals surface area contributed by atoms with Crippen LogP contribution in [0.5, 0.6) is 5.75 Å². The van der Waals surface area contributed by atoms with Crippen molar-refractivity contribution in [1.82, 2.24) is 0 Å². The predicted octanol–water partition coefficient (Wildman–Crippen LogP) is 2.98. The maximum Gasteiger partial charge on any atom is 0.227 e. The van der Waals surface area contributed by atoms with Gasteiger partial charge < -0.3 is 9.64 Å². The minimum atomic E-state index is 0.0414. The molecule has 1 fully saturated rings. The molecule has 1 aromatic rings. The molecular formula is C14H16ClNO3S. The Kier molecular flexibility index (Phi) is 4.94. The van der Waals surface area contributed by atoms with Crippen molar-refractivity contribution in [2.45, 2.75) is 13.3 Å². The van der Waals surface area contributed by atoms with Crippen LogP contribution in [0.25, 0.3) is 0 Å². The summed E-state index contributed by atoms with van der Waals surface area (Å²) in [6, 6.07) is 5.22. The van der Waals surface area contributed by atoms with E-state index in [9.17, 15) is 9.59 Å². The molecule has 1 aliphatic rings. The largest absolute Gasteiger partial charge is 0.495 e. The number of anilines is 1. The Labute approximate surface area is 127 Å². The number of methoxy groups -OCH3 is 1. The second-order valence-electron chi connectivity index (χ2n) is 4.69. The van der Waals surface area contributed by atoms with E-state index in [2.05, 4.69) is 0 Å². The number of hydrogen-bond donors (Lipinski definition) is 0. The zero-order chi connectivity index (χ0) is 14.7. The average molecular weight is 314 g/mol. The van der Waals surface area contributed by atoms with Crippen molar-refractivity contribution in [1.29, 1.82) is 0 Å². The molecule has 1 aromatic carbocycles. The second-order valence-corrected chi connectivity index (χ2v) is 6.33. The fourth-order valence-electron chi connectivity index (χ4n) is 2.24. The summed E-state index contributed by atoms with van der Waals surface area (Å²) in [5, 5.41) is 0.645. The van der Waals surface area contributed by atoms with E-state index in [1.165, 1.54) is 11.8 Å². The summed E-state index contributed by atoms with van der Waals surface area (Å²) in [6.07, 6.45) is 0.454. The van der Waals surface area contributed by atoms with E-state index in [1.807, 2.05) is 0 Å². The van der Waals surface area contributed by atoms with Gasteiger partial charge in [-0.1, -0.05) is 23.4 Å². The molecule has 1 atom stereocenters. The van der Waals surface area contributed by atoms with Crippen LogP contribution >= 0.6 is 23.4 Å². The fraction of sp³-hybridized carbons (Fsp3) is 0.429. The van der Waals surface area contributed by atoms with E-state index in [4.69, 9.17) is 16.3 Å². The van der Waals surface area contributed by atoms with Crippen molar-refractivity contribution in [3.63, 3.8) is 0 Å². The third-order valence-corrected chi connectivity index (χ3v) is 4.44. The van der Waals surface area contributed by atoms with Crippen LogP contribution in [-0.4, -0.2) is 30.4 Å². The number of carbonyl (C=O) groups excluding carboxylic acids is 2. The monoisotopic (exact) mass is 313 g/mol. The van der Waals surface area contributed by atoms with Crippen molar-refractivity contribution in [2.24, 2.45) is 5.92 Å². The van der Waals surface area contributed by atoms with Crippen LogP contribution in [0.2, 0.25) is 5.02 Å². The first-order valence-corrected chi connectivity index (χ1v) is 7.65. The quantitative estimate of drug-likeness (QED) is 0.857. The molecular weight excluding hydrogens is 298 g/mol. The van der Waals surface area contributed by atoms with E-state index in [1.54, 1.807) is 37.1 Å². The maximum absolute atomic E-state index is 12.1. The van der Waals surface area contributed by atoms with Gasteiger partial charge in [0, 0.05) is 30.7 Å². The van der Waals surface area contributed by atoms with Gasteiger partial charge in [-0.05, 0) is 24.1 Å². The van der Waals surface area contributed by atoms with Gasteiger partial charge in [0.2, 0.25) is 5.91 Å². The number of ether oxygens (including phenoxy) is 1. The second kappa shape index (κ2) is 6.50. The topological polar surface area (TPSA) is 46.6 Å². The number of nitrogens with zero attached hydrogens (tertiary/aromatic N) is 1. The normalized spacial score (nSPS) is 18.4. The first kappa shape index (κ1) is 15.2. The van der Waals surface area contributed by atoms with Crippen molar-refractivity contribution in [3.05, 3.63) is 23.2 Å². The average Bonchev–Trinajstić information content (AvgIpc) is 2.77. The number of thioether (sulfide) groups is 1. The van der Waals surface area contributed by atoms with Gasteiger partial charge in [-0.25, -0.2) is 0 Å². The zero-order valence-electron chi connectivity index (χ0n) is 11.4. The minimum Gasteiger partial charge on any atom is -0.495 e. The number of benzene rings is 1. The summed E-state index contributed by atoms with van der Waals surface area (Å²) in [5.74, 6) is 1.52. The van der Waals surface area contributed by atoms with Gasteiger partial charge in [0.05, 0.1) is 12.8 Å². The molecule has 20 heavy (non-hydrogen) atoms. The summed E-state index contributed by atoms with van der Waals surface area (Å²) in [7, 11) is 1.57. The molecule has 0 bridgehead atoms. The van der Waals surface area contributed by atoms with Gasteiger partial charge in [-0.15, -0.1) is 0 Å². The molecule has 0 saturated carbocycles.